The molecule has 1 saturated heterocycles. The minimum atomic E-state index is -0.138. The van der Waals surface area contributed by atoms with E-state index in [1.165, 1.54) is 0 Å². The molecule has 94 valence electrons. The molecule has 1 aliphatic heterocycles. The molecular weight excluding hydrogens is 206 g/mol. The van der Waals surface area contributed by atoms with Crippen molar-refractivity contribution in [2.24, 2.45) is 5.84 Å². The van der Waals surface area contributed by atoms with Crippen LogP contribution in [0.4, 0.5) is 0 Å². The lowest BCUT2D eigenvalue weighted by Gasteiger charge is -2.42. The fourth-order valence-corrected chi connectivity index (χ4v) is 2.27. The van der Waals surface area contributed by atoms with Gasteiger partial charge >= 0.3 is 0 Å². The summed E-state index contributed by atoms with van der Waals surface area (Å²) in [6, 6.07) is 0.180. The number of carbonyl (C=O) groups excluding carboxylic acids is 1. The van der Waals surface area contributed by atoms with Crippen LogP contribution in [0.5, 0.6) is 0 Å². The van der Waals surface area contributed by atoms with Gasteiger partial charge in [-0.15, -0.1) is 0 Å². The number of nitrogens with zero attached hydrogens (tertiary/aromatic N) is 1. The van der Waals surface area contributed by atoms with Crippen molar-refractivity contribution < 1.29 is 9.53 Å². The smallest absolute Gasteiger partial charge is 0.251 e. The molecule has 3 N–H and O–H groups in total. The first-order valence-electron chi connectivity index (χ1n) is 6.01. The van der Waals surface area contributed by atoms with E-state index in [0.717, 1.165) is 19.4 Å². The highest BCUT2D eigenvalue weighted by Crippen LogP contribution is 2.19. The van der Waals surface area contributed by atoms with Crippen molar-refractivity contribution in [1.82, 2.24) is 10.3 Å². The minimum absolute atomic E-state index is 0.102. The van der Waals surface area contributed by atoms with E-state index in [1.54, 1.807) is 0 Å². The first-order valence-corrected chi connectivity index (χ1v) is 6.01. The van der Waals surface area contributed by atoms with Crippen molar-refractivity contribution in [3.8, 4) is 0 Å². The highest BCUT2D eigenvalue weighted by atomic mass is 16.5. The van der Waals surface area contributed by atoms with Crippen LogP contribution < -0.4 is 11.3 Å². The van der Waals surface area contributed by atoms with Crippen LogP contribution in [0.25, 0.3) is 0 Å². The maximum atomic E-state index is 11.7. The Bertz CT molecular complexity index is 235. The molecule has 1 amide bonds. The van der Waals surface area contributed by atoms with Gasteiger partial charge in [0.2, 0.25) is 0 Å². The molecule has 16 heavy (non-hydrogen) atoms. The molecule has 3 atom stereocenters. The quantitative estimate of drug-likeness (QED) is 0.412. The van der Waals surface area contributed by atoms with Crippen LogP contribution in [0.2, 0.25) is 0 Å². The predicted molar refractivity (Wildman–Crippen MR) is 62.6 cm³/mol. The fourth-order valence-electron chi connectivity index (χ4n) is 2.27. The summed E-state index contributed by atoms with van der Waals surface area (Å²) in [6.07, 6.45) is 1.94. The zero-order valence-corrected chi connectivity index (χ0v) is 10.4. The van der Waals surface area contributed by atoms with Gasteiger partial charge in [-0.2, -0.15) is 0 Å². The number of morpholine rings is 1. The van der Waals surface area contributed by atoms with Gasteiger partial charge in [-0.05, 0) is 19.8 Å². The summed E-state index contributed by atoms with van der Waals surface area (Å²) in [5.41, 5.74) is 2.25. The Morgan fingerprint density at radius 3 is 2.81 bits per heavy atom. The third-order valence-corrected chi connectivity index (χ3v) is 3.21. The second-order valence-electron chi connectivity index (χ2n) is 4.34. The first-order chi connectivity index (χ1) is 7.63. The van der Waals surface area contributed by atoms with Gasteiger partial charge in [0.15, 0.2) is 0 Å². The lowest BCUT2D eigenvalue weighted by molar-refractivity contribution is -0.133. The van der Waals surface area contributed by atoms with Crippen LogP contribution in [-0.2, 0) is 9.53 Å². The Balaban J connectivity index is 2.74. The lowest BCUT2D eigenvalue weighted by atomic mass is 10.0. The summed E-state index contributed by atoms with van der Waals surface area (Å²) >= 11 is 0. The van der Waals surface area contributed by atoms with Crippen molar-refractivity contribution in [2.45, 2.75) is 51.8 Å². The average molecular weight is 229 g/mol. The van der Waals surface area contributed by atoms with E-state index in [0.29, 0.717) is 12.6 Å². The predicted octanol–water partition coefficient (Wildman–Crippen LogP) is 0.254. The molecule has 5 heteroatoms. The van der Waals surface area contributed by atoms with Crippen molar-refractivity contribution in [2.75, 3.05) is 13.2 Å². The van der Waals surface area contributed by atoms with Gasteiger partial charge in [0.05, 0.1) is 18.8 Å². The highest BCUT2D eigenvalue weighted by Gasteiger charge is 2.33. The van der Waals surface area contributed by atoms with Gasteiger partial charge in [0.25, 0.3) is 5.91 Å². The summed E-state index contributed by atoms with van der Waals surface area (Å²) in [5.74, 6) is 5.12. The van der Waals surface area contributed by atoms with E-state index < -0.39 is 0 Å². The van der Waals surface area contributed by atoms with E-state index >= 15 is 0 Å². The second-order valence-corrected chi connectivity index (χ2v) is 4.34. The Morgan fingerprint density at radius 2 is 2.31 bits per heavy atom. The molecule has 0 aromatic rings. The number of rotatable bonds is 4. The summed E-state index contributed by atoms with van der Waals surface area (Å²) in [6.45, 7) is 7.65. The Labute approximate surface area is 97.3 Å². The van der Waals surface area contributed by atoms with Crippen LogP contribution >= 0.6 is 0 Å². The Morgan fingerprint density at radius 1 is 1.62 bits per heavy atom. The number of carbonyl (C=O) groups is 1. The molecule has 5 nitrogen and oxygen atoms in total. The van der Waals surface area contributed by atoms with Crippen LogP contribution in [0.15, 0.2) is 0 Å². The average Bonchev–Trinajstić information content (AvgIpc) is 2.30. The molecule has 0 aliphatic carbocycles. The molecule has 0 saturated carbocycles. The topological polar surface area (TPSA) is 67.6 Å². The van der Waals surface area contributed by atoms with E-state index in [9.17, 15) is 4.79 Å². The summed E-state index contributed by atoms with van der Waals surface area (Å²) in [7, 11) is 0. The van der Waals surface area contributed by atoms with Gasteiger partial charge in [0, 0.05) is 12.6 Å². The van der Waals surface area contributed by atoms with E-state index in [-0.39, 0.29) is 18.1 Å². The third kappa shape index (κ3) is 2.93. The van der Waals surface area contributed by atoms with Crippen molar-refractivity contribution in [3.05, 3.63) is 0 Å². The van der Waals surface area contributed by atoms with Crippen LogP contribution in [0.1, 0.15) is 33.6 Å². The summed E-state index contributed by atoms with van der Waals surface area (Å²) < 4.78 is 5.61. The number of amides is 1. The van der Waals surface area contributed by atoms with E-state index in [2.05, 4.69) is 17.2 Å². The van der Waals surface area contributed by atoms with Gasteiger partial charge in [-0.25, -0.2) is 5.84 Å². The highest BCUT2D eigenvalue weighted by molar-refractivity contribution is 5.81. The Kier molecular flexibility index (Phi) is 5.18. The second kappa shape index (κ2) is 6.18. The maximum Gasteiger partial charge on any atom is 0.251 e. The molecular formula is C11H23N3O2. The van der Waals surface area contributed by atoms with Crippen molar-refractivity contribution in [3.63, 3.8) is 0 Å². The van der Waals surface area contributed by atoms with Gasteiger partial charge < -0.3 is 4.74 Å². The molecule has 1 fully saturated rings. The van der Waals surface area contributed by atoms with Crippen molar-refractivity contribution >= 4 is 5.91 Å². The number of hydrogen-bond acceptors (Lipinski definition) is 4. The summed E-state index contributed by atoms with van der Waals surface area (Å²) in [5, 5.41) is 0. The molecule has 0 spiro atoms. The number of nitrogens with one attached hydrogen (secondary N) is 1. The number of ether oxygens (including phenoxy) is 1. The minimum Gasteiger partial charge on any atom is -0.376 e. The zero-order valence-electron chi connectivity index (χ0n) is 10.4. The monoisotopic (exact) mass is 229 g/mol. The molecule has 3 unspecified atom stereocenters. The largest absolute Gasteiger partial charge is 0.376 e. The summed E-state index contributed by atoms with van der Waals surface area (Å²) in [4.78, 5) is 13.9. The van der Waals surface area contributed by atoms with Crippen LogP contribution in [-0.4, -0.2) is 42.1 Å². The van der Waals surface area contributed by atoms with Crippen molar-refractivity contribution in [1.29, 1.82) is 0 Å². The number of hydrazine groups is 1. The SMILES string of the molecule is CCC1COC(C)CN1C(CC)C(=O)NN. The molecule has 1 heterocycles. The molecule has 1 aliphatic rings. The van der Waals surface area contributed by atoms with Gasteiger partial charge in [-0.1, -0.05) is 13.8 Å². The number of hydrogen-bond donors (Lipinski definition) is 2. The maximum absolute atomic E-state index is 11.7. The van der Waals surface area contributed by atoms with Crippen LogP contribution in [0, 0.1) is 0 Å². The zero-order chi connectivity index (χ0) is 12.1. The molecule has 0 aromatic carbocycles. The van der Waals surface area contributed by atoms with E-state index in [1.807, 2.05) is 13.8 Å². The molecule has 0 bridgehead atoms. The van der Waals surface area contributed by atoms with E-state index in [4.69, 9.17) is 10.6 Å². The Hall–Kier alpha value is -0.650. The first kappa shape index (κ1) is 13.4. The third-order valence-electron chi connectivity index (χ3n) is 3.21. The number of nitrogens with two attached hydrogens (primary N) is 1. The molecule has 0 aromatic heterocycles. The molecule has 0 radical (unpaired) electrons. The van der Waals surface area contributed by atoms with Gasteiger partial charge in [-0.3, -0.25) is 15.1 Å². The normalized spacial score (nSPS) is 28.8. The standard InChI is InChI=1S/C11H23N3O2/c1-4-9-7-16-8(3)6-14(9)10(5-2)11(15)13-12/h8-10H,4-7,12H2,1-3H3,(H,13,15). The van der Waals surface area contributed by atoms with Gasteiger partial charge in [0.1, 0.15) is 0 Å². The molecule has 1 rings (SSSR count). The van der Waals surface area contributed by atoms with Crippen LogP contribution in [0.3, 0.4) is 0 Å². The fraction of sp³-hybridized carbons (Fsp3) is 0.909. The lowest BCUT2D eigenvalue weighted by Crippen LogP contribution is -2.58.